The van der Waals surface area contributed by atoms with Crippen LogP contribution in [-0.2, 0) is 4.79 Å². The summed E-state index contributed by atoms with van der Waals surface area (Å²) in [6, 6.07) is -0.683. The van der Waals surface area contributed by atoms with Gasteiger partial charge in [-0.2, -0.15) is 11.8 Å². The van der Waals surface area contributed by atoms with Crippen LogP contribution in [0.25, 0.3) is 0 Å². The van der Waals surface area contributed by atoms with Crippen LogP contribution in [0.2, 0.25) is 0 Å². The molecule has 0 aromatic carbocycles. The third-order valence-electron chi connectivity index (χ3n) is 4.89. The molecule has 0 heterocycles. The van der Waals surface area contributed by atoms with E-state index in [0.29, 0.717) is 6.42 Å². The summed E-state index contributed by atoms with van der Waals surface area (Å²) in [5, 5.41) is 8.27. The fourth-order valence-corrected chi connectivity index (χ4v) is 8.79. The molecular weight excluding hydrogens is 361 g/mol. The SMILES string of the molecule is CCCC[P+](CCCC)(CCCC)CCCC.CSCC[C@H](N)C(=O)O. The minimum atomic E-state index is -0.913. The molecule has 0 fully saturated rings. The number of aliphatic carboxylic acids is 1. The summed E-state index contributed by atoms with van der Waals surface area (Å²) < 4.78 is 0. The quantitative estimate of drug-likeness (QED) is 0.292. The van der Waals surface area contributed by atoms with Crippen molar-refractivity contribution < 1.29 is 9.90 Å². The van der Waals surface area contributed by atoms with E-state index in [2.05, 4.69) is 27.7 Å². The van der Waals surface area contributed by atoms with Gasteiger partial charge in [-0.1, -0.05) is 53.4 Å². The molecule has 0 bridgehead atoms. The van der Waals surface area contributed by atoms with Gasteiger partial charge in [0, 0.05) is 7.26 Å². The summed E-state index contributed by atoms with van der Waals surface area (Å²) in [4.78, 5) is 10.1. The number of nitrogens with two attached hydrogens (primary N) is 1. The van der Waals surface area contributed by atoms with Gasteiger partial charge in [-0.3, -0.25) is 4.79 Å². The Hall–Kier alpha value is 0.210. The molecule has 0 aromatic rings. The highest BCUT2D eigenvalue weighted by Gasteiger charge is 2.34. The summed E-state index contributed by atoms with van der Waals surface area (Å²) in [6.07, 6.45) is 20.4. The maximum Gasteiger partial charge on any atom is 0.320 e. The van der Waals surface area contributed by atoms with Crippen LogP contribution in [0.5, 0.6) is 0 Å². The molecule has 1 atom stereocenters. The van der Waals surface area contributed by atoms with E-state index in [9.17, 15) is 4.79 Å². The third kappa shape index (κ3) is 16.4. The highest BCUT2D eigenvalue weighted by molar-refractivity contribution is 7.98. The zero-order valence-corrected chi connectivity index (χ0v) is 20.0. The monoisotopic (exact) mass is 408 g/mol. The normalized spacial score (nSPS) is 12.4. The van der Waals surface area contributed by atoms with Gasteiger partial charge >= 0.3 is 5.97 Å². The molecule has 158 valence electrons. The number of rotatable bonds is 16. The highest BCUT2D eigenvalue weighted by atomic mass is 32.2. The Morgan fingerprint density at radius 1 is 0.885 bits per heavy atom. The summed E-state index contributed by atoms with van der Waals surface area (Å²) in [6.45, 7) is 9.42. The zero-order valence-electron chi connectivity index (χ0n) is 18.3. The third-order valence-corrected chi connectivity index (χ3v) is 10.6. The van der Waals surface area contributed by atoms with E-state index < -0.39 is 19.3 Å². The Morgan fingerprint density at radius 2 is 1.23 bits per heavy atom. The number of thioether (sulfide) groups is 1. The van der Waals surface area contributed by atoms with Crippen molar-refractivity contribution in [3.05, 3.63) is 0 Å². The van der Waals surface area contributed by atoms with Crippen LogP contribution in [0.3, 0.4) is 0 Å². The first kappa shape index (κ1) is 28.4. The van der Waals surface area contributed by atoms with Gasteiger partial charge in [0.05, 0.1) is 24.6 Å². The van der Waals surface area contributed by atoms with Crippen molar-refractivity contribution in [2.75, 3.05) is 36.7 Å². The molecular formula is C21H47NO2PS+. The number of carboxylic acid groups (broad SMARTS) is 1. The van der Waals surface area contributed by atoms with Crippen molar-refractivity contribution in [3.63, 3.8) is 0 Å². The zero-order chi connectivity index (χ0) is 20.3. The predicted octanol–water partition coefficient (Wildman–Crippen LogP) is 6.36. The molecule has 0 aliphatic rings. The molecule has 0 saturated heterocycles. The van der Waals surface area contributed by atoms with Crippen LogP contribution in [-0.4, -0.2) is 53.8 Å². The Kier molecular flexibility index (Phi) is 21.8. The average molecular weight is 409 g/mol. The van der Waals surface area contributed by atoms with Gasteiger partial charge in [0.25, 0.3) is 0 Å². The van der Waals surface area contributed by atoms with Crippen LogP contribution in [0.4, 0.5) is 0 Å². The molecule has 0 aromatic heterocycles. The minimum Gasteiger partial charge on any atom is -0.480 e. The standard InChI is InChI=1S/C16H36P.C5H11NO2S/c1-5-9-13-17(14-10-6-2,15-11-7-3)16-12-8-4;1-9-3-2-4(6)5(7)8/h5-16H2,1-4H3;4H,2-3,6H2,1H3,(H,7,8)/q+1;/t;4-/m.0/s1. The lowest BCUT2D eigenvalue weighted by Gasteiger charge is -2.28. The second kappa shape index (κ2) is 20.0. The first-order valence-corrected chi connectivity index (χ1v) is 14.7. The lowest BCUT2D eigenvalue weighted by atomic mass is 10.2. The van der Waals surface area contributed by atoms with Gasteiger partial charge in [-0.15, -0.1) is 0 Å². The molecule has 0 unspecified atom stereocenters. The Bertz CT molecular complexity index is 279. The van der Waals surface area contributed by atoms with Crippen molar-refractivity contribution in [1.29, 1.82) is 0 Å². The molecule has 0 rings (SSSR count). The fourth-order valence-electron chi connectivity index (χ4n) is 3.01. The maximum atomic E-state index is 10.1. The Balaban J connectivity index is 0. The molecule has 0 radical (unpaired) electrons. The lowest BCUT2D eigenvalue weighted by molar-refractivity contribution is -0.138. The van der Waals surface area contributed by atoms with Crippen LogP contribution in [0.1, 0.15) is 85.5 Å². The second-order valence-electron chi connectivity index (χ2n) is 7.38. The van der Waals surface area contributed by atoms with Crippen LogP contribution < -0.4 is 5.73 Å². The smallest absolute Gasteiger partial charge is 0.320 e. The minimum absolute atomic E-state index is 0.552. The first-order chi connectivity index (χ1) is 12.4. The summed E-state index contributed by atoms with van der Waals surface area (Å²) in [5.41, 5.74) is 5.19. The molecule has 5 heteroatoms. The van der Waals surface area contributed by atoms with E-state index in [-0.39, 0.29) is 0 Å². The van der Waals surface area contributed by atoms with Gasteiger partial charge < -0.3 is 10.8 Å². The molecule has 0 amide bonds. The summed E-state index contributed by atoms with van der Waals surface area (Å²) in [5.74, 6) is -0.1000. The molecule has 0 aliphatic carbocycles. The van der Waals surface area contributed by atoms with E-state index in [0.717, 1.165) is 5.75 Å². The molecule has 3 N–H and O–H groups in total. The van der Waals surface area contributed by atoms with Gasteiger partial charge in [0.2, 0.25) is 0 Å². The van der Waals surface area contributed by atoms with E-state index in [1.165, 1.54) is 51.4 Å². The molecule has 0 saturated carbocycles. The number of hydrogen-bond donors (Lipinski definition) is 2. The van der Waals surface area contributed by atoms with E-state index >= 15 is 0 Å². The van der Waals surface area contributed by atoms with Crippen molar-refractivity contribution in [2.24, 2.45) is 5.73 Å². The number of carboxylic acids is 1. The molecule has 26 heavy (non-hydrogen) atoms. The first-order valence-electron chi connectivity index (χ1n) is 10.7. The predicted molar refractivity (Wildman–Crippen MR) is 125 cm³/mol. The lowest BCUT2D eigenvalue weighted by Crippen LogP contribution is -2.30. The number of carbonyl (C=O) groups is 1. The van der Waals surface area contributed by atoms with Crippen molar-refractivity contribution in [2.45, 2.75) is 91.5 Å². The van der Waals surface area contributed by atoms with E-state index in [1.807, 2.05) is 6.26 Å². The van der Waals surface area contributed by atoms with Gasteiger partial charge in [-0.25, -0.2) is 0 Å². The van der Waals surface area contributed by atoms with E-state index in [1.54, 1.807) is 36.4 Å². The molecule has 0 aliphatic heterocycles. The fraction of sp³-hybridized carbons (Fsp3) is 0.952. The van der Waals surface area contributed by atoms with Crippen molar-refractivity contribution in [1.82, 2.24) is 0 Å². The topological polar surface area (TPSA) is 63.3 Å². The number of unbranched alkanes of at least 4 members (excludes halogenated alkanes) is 4. The van der Waals surface area contributed by atoms with Crippen molar-refractivity contribution >= 4 is 25.0 Å². The highest BCUT2D eigenvalue weighted by Crippen LogP contribution is 2.61. The van der Waals surface area contributed by atoms with Crippen LogP contribution in [0, 0.1) is 0 Å². The van der Waals surface area contributed by atoms with E-state index in [4.69, 9.17) is 10.8 Å². The second-order valence-corrected chi connectivity index (χ2v) is 12.8. The summed E-state index contributed by atoms with van der Waals surface area (Å²) >= 11 is 1.60. The molecule has 3 nitrogen and oxygen atoms in total. The molecule has 0 spiro atoms. The van der Waals surface area contributed by atoms with Gasteiger partial charge in [0.15, 0.2) is 0 Å². The average Bonchev–Trinajstić information content (AvgIpc) is 2.65. The summed E-state index contributed by atoms with van der Waals surface area (Å²) in [7, 11) is -0.562. The maximum absolute atomic E-state index is 10.1. The Morgan fingerprint density at radius 3 is 1.46 bits per heavy atom. The van der Waals surface area contributed by atoms with Crippen molar-refractivity contribution in [3.8, 4) is 0 Å². The van der Waals surface area contributed by atoms with Gasteiger partial charge in [0.1, 0.15) is 6.04 Å². The van der Waals surface area contributed by atoms with Crippen LogP contribution in [0.15, 0.2) is 0 Å². The number of hydrogen-bond acceptors (Lipinski definition) is 3. The Labute approximate surface area is 169 Å². The van der Waals surface area contributed by atoms with Gasteiger partial charge in [-0.05, 0) is 44.1 Å². The largest absolute Gasteiger partial charge is 0.480 e. The van der Waals surface area contributed by atoms with Crippen LogP contribution >= 0.6 is 19.0 Å².